The lowest BCUT2D eigenvalue weighted by molar-refractivity contribution is -0.119. The van der Waals surface area contributed by atoms with Crippen LogP contribution in [0.3, 0.4) is 0 Å². The molecule has 136 valence electrons. The molecule has 9 heteroatoms. The Morgan fingerprint density at radius 2 is 1.81 bits per heavy atom. The van der Waals surface area contributed by atoms with Crippen LogP contribution in [0.15, 0.2) is 24.3 Å². The van der Waals surface area contributed by atoms with E-state index in [1.165, 1.54) is 12.1 Å². The van der Waals surface area contributed by atoms with Crippen molar-refractivity contribution in [1.29, 1.82) is 0 Å². The van der Waals surface area contributed by atoms with Crippen LogP contribution >= 0.6 is 0 Å². The van der Waals surface area contributed by atoms with E-state index >= 15 is 0 Å². The summed E-state index contributed by atoms with van der Waals surface area (Å²) in [6.45, 7) is 3.35. The summed E-state index contributed by atoms with van der Waals surface area (Å²) in [5.41, 5.74) is 0.224. The summed E-state index contributed by atoms with van der Waals surface area (Å²) >= 11 is 0. The van der Waals surface area contributed by atoms with E-state index in [2.05, 4.69) is 15.3 Å². The predicted molar refractivity (Wildman–Crippen MR) is 90.0 cm³/mol. The van der Waals surface area contributed by atoms with E-state index in [4.69, 9.17) is 0 Å². The second-order valence-corrected chi connectivity index (χ2v) is 5.87. The van der Waals surface area contributed by atoms with Gasteiger partial charge in [0.25, 0.3) is 5.91 Å². The maximum Gasteiger partial charge on any atom is 0.272 e. The Balaban J connectivity index is 1.81. The van der Waals surface area contributed by atoms with E-state index in [1.54, 1.807) is 16.7 Å². The minimum absolute atomic E-state index is 0.0659. The molecule has 1 aliphatic heterocycles. The van der Waals surface area contributed by atoms with Gasteiger partial charge in [-0.05, 0) is 25.1 Å². The highest BCUT2D eigenvalue weighted by Gasteiger charge is 2.23. The zero-order chi connectivity index (χ0) is 18.7. The van der Waals surface area contributed by atoms with Gasteiger partial charge in [-0.2, -0.15) is 0 Å². The van der Waals surface area contributed by atoms with E-state index in [0.717, 1.165) is 18.5 Å². The number of nitrogens with zero attached hydrogens (tertiary/aromatic N) is 4. The van der Waals surface area contributed by atoms with Crippen LogP contribution in [0.1, 0.15) is 16.2 Å². The number of anilines is 2. The zero-order valence-electron chi connectivity index (χ0n) is 14.1. The summed E-state index contributed by atoms with van der Waals surface area (Å²) in [6.07, 6.45) is 0.752. The monoisotopic (exact) mass is 361 g/mol. The Labute approximate surface area is 148 Å². The molecule has 26 heavy (non-hydrogen) atoms. The topological polar surface area (TPSA) is 78.4 Å². The van der Waals surface area contributed by atoms with Crippen molar-refractivity contribution >= 4 is 24.0 Å². The maximum atomic E-state index is 13.8. The number of piperazine rings is 1. The third kappa shape index (κ3) is 3.76. The van der Waals surface area contributed by atoms with Gasteiger partial charge in [-0.3, -0.25) is 9.59 Å². The number of carbonyl (C=O) groups is 2. The number of carbonyl (C=O) groups excluding carboxylic acids is 2. The Hall–Kier alpha value is -3.10. The van der Waals surface area contributed by atoms with Crippen LogP contribution in [-0.2, 0) is 4.79 Å². The molecule has 2 aromatic rings. The summed E-state index contributed by atoms with van der Waals surface area (Å²) in [5, 5.41) is 2.50. The molecule has 1 saturated heterocycles. The van der Waals surface area contributed by atoms with Crippen LogP contribution in [0.2, 0.25) is 0 Å². The molecule has 0 saturated carbocycles. The molecule has 2 amide bonds. The number of hydrogen-bond donors (Lipinski definition) is 1. The summed E-state index contributed by atoms with van der Waals surface area (Å²) < 4.78 is 27.6. The molecular weight excluding hydrogens is 344 g/mol. The third-order valence-corrected chi connectivity index (χ3v) is 4.02. The Bertz CT molecular complexity index is 818. The van der Waals surface area contributed by atoms with E-state index in [9.17, 15) is 18.4 Å². The van der Waals surface area contributed by atoms with Gasteiger partial charge in [-0.15, -0.1) is 0 Å². The number of rotatable bonds is 4. The standard InChI is InChI=1S/C17H17F2N5O2/c1-11-9-14(16(26)24-7-5-23(10-25)6-8-24)21-17(20-11)22-15-12(18)3-2-4-13(15)19/h2-4,9-10H,5-8H2,1H3,(H,20,21,22). The largest absolute Gasteiger partial charge is 0.342 e. The highest BCUT2D eigenvalue weighted by atomic mass is 19.1. The number of benzene rings is 1. The summed E-state index contributed by atoms with van der Waals surface area (Å²) in [7, 11) is 0. The first-order chi connectivity index (χ1) is 12.5. The van der Waals surface area contributed by atoms with Crippen LogP contribution in [0.25, 0.3) is 0 Å². The molecule has 0 unspecified atom stereocenters. The number of aromatic nitrogens is 2. The molecule has 0 aliphatic carbocycles. The fourth-order valence-electron chi connectivity index (χ4n) is 2.66. The number of para-hydroxylation sites is 1. The van der Waals surface area contributed by atoms with Gasteiger partial charge in [0.15, 0.2) is 0 Å². The SMILES string of the molecule is Cc1cc(C(=O)N2CCN(C=O)CC2)nc(Nc2c(F)cccc2F)n1. The molecule has 0 radical (unpaired) electrons. The smallest absolute Gasteiger partial charge is 0.272 e. The molecule has 2 heterocycles. The fourth-order valence-corrected chi connectivity index (χ4v) is 2.66. The molecule has 1 N–H and O–H groups in total. The second-order valence-electron chi connectivity index (χ2n) is 5.87. The fraction of sp³-hybridized carbons (Fsp3) is 0.294. The quantitative estimate of drug-likeness (QED) is 0.839. The molecule has 0 atom stereocenters. The molecule has 0 bridgehead atoms. The van der Waals surface area contributed by atoms with Gasteiger partial charge in [0.1, 0.15) is 23.0 Å². The van der Waals surface area contributed by atoms with Crippen LogP contribution in [0.4, 0.5) is 20.4 Å². The summed E-state index contributed by atoms with van der Waals surface area (Å²) in [6, 6.07) is 4.98. The van der Waals surface area contributed by atoms with Gasteiger partial charge >= 0.3 is 0 Å². The first kappa shape index (κ1) is 17.7. The average Bonchev–Trinajstić information content (AvgIpc) is 2.64. The first-order valence-electron chi connectivity index (χ1n) is 8.03. The van der Waals surface area contributed by atoms with Gasteiger partial charge in [0.05, 0.1) is 0 Å². The van der Waals surface area contributed by atoms with E-state index < -0.39 is 11.6 Å². The third-order valence-electron chi connectivity index (χ3n) is 4.02. The molecule has 0 spiro atoms. The lowest BCUT2D eigenvalue weighted by atomic mass is 10.2. The minimum Gasteiger partial charge on any atom is -0.342 e. The van der Waals surface area contributed by atoms with Gasteiger partial charge in [0.2, 0.25) is 12.4 Å². The van der Waals surface area contributed by atoms with Crippen molar-refractivity contribution in [3.8, 4) is 0 Å². The van der Waals surface area contributed by atoms with Crippen molar-refractivity contribution < 1.29 is 18.4 Å². The molecule has 1 fully saturated rings. The second kappa shape index (κ2) is 7.42. The van der Waals surface area contributed by atoms with Crippen LogP contribution in [-0.4, -0.2) is 58.3 Å². The molecule has 1 aromatic carbocycles. The molecular formula is C17H17F2N5O2. The number of nitrogens with one attached hydrogen (secondary N) is 1. The average molecular weight is 361 g/mol. The lowest BCUT2D eigenvalue weighted by Gasteiger charge is -2.32. The molecule has 1 aromatic heterocycles. The molecule has 7 nitrogen and oxygen atoms in total. The van der Waals surface area contributed by atoms with Crippen molar-refractivity contribution in [1.82, 2.24) is 19.8 Å². The minimum atomic E-state index is -0.784. The van der Waals surface area contributed by atoms with Crippen molar-refractivity contribution in [2.45, 2.75) is 6.92 Å². The zero-order valence-corrected chi connectivity index (χ0v) is 14.1. The van der Waals surface area contributed by atoms with Crippen LogP contribution < -0.4 is 5.32 Å². The van der Waals surface area contributed by atoms with E-state index in [0.29, 0.717) is 31.9 Å². The van der Waals surface area contributed by atoms with E-state index in [1.807, 2.05) is 0 Å². The van der Waals surface area contributed by atoms with Crippen molar-refractivity contribution in [2.75, 3.05) is 31.5 Å². The summed E-state index contributed by atoms with van der Waals surface area (Å²) in [5.74, 6) is -1.96. The van der Waals surface area contributed by atoms with Gasteiger partial charge < -0.3 is 15.1 Å². The van der Waals surface area contributed by atoms with Gasteiger partial charge in [-0.25, -0.2) is 18.7 Å². The van der Waals surface area contributed by atoms with Crippen molar-refractivity contribution in [2.24, 2.45) is 0 Å². The number of amides is 2. The predicted octanol–water partition coefficient (Wildman–Crippen LogP) is 1.72. The highest BCUT2D eigenvalue weighted by molar-refractivity contribution is 5.93. The van der Waals surface area contributed by atoms with Crippen LogP contribution in [0.5, 0.6) is 0 Å². The number of halogens is 2. The normalized spacial score (nSPS) is 14.3. The lowest BCUT2D eigenvalue weighted by Crippen LogP contribution is -2.48. The van der Waals surface area contributed by atoms with Gasteiger partial charge in [-0.1, -0.05) is 6.07 Å². The molecule has 1 aliphatic rings. The Morgan fingerprint density at radius 1 is 1.15 bits per heavy atom. The van der Waals surface area contributed by atoms with Gasteiger partial charge in [0, 0.05) is 31.9 Å². The molecule has 3 rings (SSSR count). The van der Waals surface area contributed by atoms with E-state index in [-0.39, 0.29) is 23.2 Å². The number of aryl methyl sites for hydroxylation is 1. The Morgan fingerprint density at radius 3 is 2.42 bits per heavy atom. The van der Waals surface area contributed by atoms with Crippen LogP contribution in [0, 0.1) is 18.6 Å². The first-order valence-corrected chi connectivity index (χ1v) is 8.03. The van der Waals surface area contributed by atoms with Crippen molar-refractivity contribution in [3.05, 3.63) is 47.3 Å². The Kier molecular flexibility index (Phi) is 5.06. The summed E-state index contributed by atoms with van der Waals surface area (Å²) in [4.78, 5) is 34.7. The maximum absolute atomic E-state index is 13.8. The van der Waals surface area contributed by atoms with Crippen molar-refractivity contribution in [3.63, 3.8) is 0 Å². The number of hydrogen-bond acceptors (Lipinski definition) is 5. The highest BCUT2D eigenvalue weighted by Crippen LogP contribution is 2.21.